The molecule has 4 nitrogen and oxygen atoms in total. The van der Waals surface area contributed by atoms with Crippen LogP contribution in [0.5, 0.6) is 0 Å². The SMILES string of the molecule is c1ccc(-c2c3ccc(N4c5ccccc5Cc5ccccc54)cc3c(-c3ccccn3)c3ccc(N4c5ccccc5Cc5ccccc54)cc23)nc1. The summed E-state index contributed by atoms with van der Waals surface area (Å²) in [6, 6.07) is 61.5. The number of para-hydroxylation sites is 4. The normalized spacial score (nSPS) is 13.0. The van der Waals surface area contributed by atoms with Crippen molar-refractivity contribution in [2.24, 2.45) is 0 Å². The van der Waals surface area contributed by atoms with E-state index in [9.17, 15) is 0 Å². The molecule has 0 fully saturated rings. The van der Waals surface area contributed by atoms with Gasteiger partial charge in [-0.2, -0.15) is 0 Å². The average Bonchev–Trinajstić information content (AvgIpc) is 3.24. The van der Waals surface area contributed by atoms with Gasteiger partial charge in [-0.15, -0.1) is 0 Å². The second kappa shape index (κ2) is 12.3. The lowest BCUT2D eigenvalue weighted by Crippen LogP contribution is -2.18. The van der Waals surface area contributed by atoms with Gasteiger partial charge in [0.15, 0.2) is 0 Å². The first-order valence-corrected chi connectivity index (χ1v) is 18.6. The molecule has 0 radical (unpaired) electrons. The van der Waals surface area contributed by atoms with Crippen LogP contribution in [-0.2, 0) is 12.8 Å². The van der Waals surface area contributed by atoms with Crippen molar-refractivity contribution in [3.05, 3.63) is 205 Å². The van der Waals surface area contributed by atoms with E-state index in [1.54, 1.807) is 0 Å². The summed E-state index contributed by atoms with van der Waals surface area (Å²) in [4.78, 5) is 14.8. The van der Waals surface area contributed by atoms with Crippen LogP contribution in [0, 0.1) is 0 Å². The molecule has 4 heteroatoms. The third kappa shape index (κ3) is 4.77. The van der Waals surface area contributed by atoms with Gasteiger partial charge in [0.25, 0.3) is 0 Å². The molecule has 0 amide bonds. The zero-order valence-electron chi connectivity index (χ0n) is 29.5. The van der Waals surface area contributed by atoms with Crippen molar-refractivity contribution in [2.45, 2.75) is 12.8 Å². The van der Waals surface area contributed by atoms with E-state index in [0.29, 0.717) is 0 Å². The van der Waals surface area contributed by atoms with Crippen LogP contribution in [0.1, 0.15) is 22.3 Å². The van der Waals surface area contributed by atoms with Crippen LogP contribution in [0.3, 0.4) is 0 Å². The number of nitrogens with zero attached hydrogens (tertiary/aromatic N) is 4. The molecule has 2 aliphatic heterocycles. The molecule has 11 rings (SSSR count). The summed E-state index contributed by atoms with van der Waals surface area (Å²) in [5.41, 5.74) is 16.5. The zero-order valence-corrected chi connectivity index (χ0v) is 29.5. The minimum Gasteiger partial charge on any atom is -0.310 e. The van der Waals surface area contributed by atoms with Gasteiger partial charge < -0.3 is 9.80 Å². The second-order valence-corrected chi connectivity index (χ2v) is 14.2. The molecule has 2 aliphatic rings. The van der Waals surface area contributed by atoms with Gasteiger partial charge in [-0.3, -0.25) is 9.97 Å². The summed E-state index contributed by atoms with van der Waals surface area (Å²) >= 11 is 0. The van der Waals surface area contributed by atoms with Crippen molar-refractivity contribution >= 4 is 55.7 Å². The monoisotopic (exact) mass is 690 g/mol. The predicted octanol–water partition coefficient (Wildman–Crippen LogP) is 12.9. The molecule has 4 heterocycles. The Morgan fingerprint density at radius 1 is 0.333 bits per heavy atom. The topological polar surface area (TPSA) is 32.3 Å². The Hall–Kier alpha value is -7.04. The number of hydrogen-bond donors (Lipinski definition) is 0. The van der Waals surface area contributed by atoms with Gasteiger partial charge in [-0.05, 0) is 117 Å². The first kappa shape index (κ1) is 30.6. The molecule has 7 aromatic carbocycles. The maximum absolute atomic E-state index is 5.00. The van der Waals surface area contributed by atoms with E-state index < -0.39 is 0 Å². The van der Waals surface area contributed by atoms with E-state index in [2.05, 4.69) is 168 Å². The number of rotatable bonds is 4. The maximum Gasteiger partial charge on any atom is 0.0714 e. The van der Waals surface area contributed by atoms with E-state index in [4.69, 9.17) is 9.97 Å². The summed E-state index contributed by atoms with van der Waals surface area (Å²) in [7, 11) is 0. The Balaban J connectivity index is 1.22. The highest BCUT2D eigenvalue weighted by molar-refractivity contribution is 6.22. The van der Waals surface area contributed by atoms with Gasteiger partial charge in [0.2, 0.25) is 0 Å². The van der Waals surface area contributed by atoms with E-state index in [1.807, 2.05) is 24.5 Å². The van der Waals surface area contributed by atoms with Gasteiger partial charge in [-0.1, -0.05) is 97.1 Å². The highest BCUT2D eigenvalue weighted by atomic mass is 15.2. The van der Waals surface area contributed by atoms with Crippen molar-refractivity contribution in [3.63, 3.8) is 0 Å². The molecular weight excluding hydrogens is 657 g/mol. The molecule has 0 N–H and O–H groups in total. The van der Waals surface area contributed by atoms with Crippen molar-refractivity contribution in [3.8, 4) is 22.5 Å². The van der Waals surface area contributed by atoms with Gasteiger partial charge in [0.05, 0.1) is 11.4 Å². The van der Waals surface area contributed by atoms with Crippen molar-refractivity contribution in [1.29, 1.82) is 0 Å². The lowest BCUT2D eigenvalue weighted by molar-refractivity contribution is 1.09. The molecule has 0 unspecified atom stereocenters. The first-order chi connectivity index (χ1) is 26.8. The molecule has 2 aromatic heterocycles. The fourth-order valence-electron chi connectivity index (χ4n) is 8.80. The first-order valence-electron chi connectivity index (χ1n) is 18.6. The Morgan fingerprint density at radius 2 is 0.685 bits per heavy atom. The third-order valence-corrected chi connectivity index (χ3v) is 11.1. The molecule has 0 aliphatic carbocycles. The van der Waals surface area contributed by atoms with Gasteiger partial charge in [0, 0.05) is 70.5 Å². The number of aromatic nitrogens is 2. The number of fused-ring (bicyclic) bond motifs is 6. The van der Waals surface area contributed by atoms with Crippen LogP contribution in [0.15, 0.2) is 182 Å². The number of anilines is 6. The van der Waals surface area contributed by atoms with Crippen LogP contribution in [0.2, 0.25) is 0 Å². The number of pyridine rings is 2. The molecule has 0 bridgehead atoms. The standard InChI is InChI=1S/C50H34N4/c1-5-19-45-33(13-1)29-34-14-2-6-20-46(34)53(45)37-23-25-39-41(31-37)49(43-17-9-11-27-51-43)40-26-24-38(32-42(40)50(39)44-18-10-12-28-52-44)54-47-21-7-3-15-35(47)30-36-16-4-8-22-48(36)54/h1-28,31-32H,29-30H2. The smallest absolute Gasteiger partial charge is 0.0714 e. The van der Waals surface area contributed by atoms with E-state index in [0.717, 1.165) is 68.3 Å². The van der Waals surface area contributed by atoms with Gasteiger partial charge >= 0.3 is 0 Å². The molecule has 9 aromatic rings. The molecule has 0 spiro atoms. The number of hydrogen-bond acceptors (Lipinski definition) is 4. The Kier molecular flexibility index (Phi) is 6.96. The maximum atomic E-state index is 5.00. The summed E-state index contributed by atoms with van der Waals surface area (Å²) in [5.74, 6) is 0. The Labute approximate surface area is 314 Å². The summed E-state index contributed by atoms with van der Waals surface area (Å²) in [6.07, 6.45) is 5.63. The Morgan fingerprint density at radius 3 is 1.04 bits per heavy atom. The highest BCUT2D eigenvalue weighted by Gasteiger charge is 2.27. The van der Waals surface area contributed by atoms with E-state index in [-0.39, 0.29) is 0 Å². The fourth-order valence-corrected chi connectivity index (χ4v) is 8.80. The van der Waals surface area contributed by atoms with E-state index >= 15 is 0 Å². The average molecular weight is 691 g/mol. The zero-order chi connectivity index (χ0) is 35.6. The Bertz CT molecular complexity index is 2610. The minimum atomic E-state index is 0.915. The van der Waals surface area contributed by atoms with Crippen molar-refractivity contribution in [1.82, 2.24) is 9.97 Å². The van der Waals surface area contributed by atoms with Crippen molar-refractivity contribution < 1.29 is 0 Å². The molecule has 0 saturated heterocycles. The molecule has 0 atom stereocenters. The van der Waals surface area contributed by atoms with Crippen LogP contribution >= 0.6 is 0 Å². The summed E-state index contributed by atoms with van der Waals surface area (Å²) in [6.45, 7) is 0. The summed E-state index contributed by atoms with van der Waals surface area (Å²) < 4.78 is 0. The fraction of sp³-hybridized carbons (Fsp3) is 0.0400. The number of benzene rings is 7. The summed E-state index contributed by atoms with van der Waals surface area (Å²) in [5, 5.41) is 4.56. The minimum absolute atomic E-state index is 0.915. The van der Waals surface area contributed by atoms with Gasteiger partial charge in [-0.25, -0.2) is 0 Å². The van der Waals surface area contributed by atoms with Crippen LogP contribution in [-0.4, -0.2) is 9.97 Å². The molecular formula is C50H34N4. The van der Waals surface area contributed by atoms with Crippen LogP contribution in [0.4, 0.5) is 34.1 Å². The van der Waals surface area contributed by atoms with E-state index in [1.165, 1.54) is 45.0 Å². The van der Waals surface area contributed by atoms with Gasteiger partial charge in [0.1, 0.15) is 0 Å². The largest absolute Gasteiger partial charge is 0.310 e. The quantitative estimate of drug-likeness (QED) is 0.172. The molecule has 0 saturated carbocycles. The van der Waals surface area contributed by atoms with Crippen molar-refractivity contribution in [2.75, 3.05) is 9.80 Å². The molecule has 54 heavy (non-hydrogen) atoms. The lowest BCUT2D eigenvalue weighted by Gasteiger charge is -2.34. The molecule has 254 valence electrons. The van der Waals surface area contributed by atoms with Crippen LogP contribution in [0.25, 0.3) is 44.1 Å². The second-order valence-electron chi connectivity index (χ2n) is 14.2. The highest BCUT2D eigenvalue weighted by Crippen LogP contribution is 2.50. The lowest BCUT2D eigenvalue weighted by atomic mass is 9.87. The third-order valence-electron chi connectivity index (χ3n) is 11.1. The predicted molar refractivity (Wildman–Crippen MR) is 223 cm³/mol. The van der Waals surface area contributed by atoms with Crippen LogP contribution < -0.4 is 9.80 Å².